The molecular weight excluding hydrogens is 432 g/mol. The molecule has 0 aliphatic carbocycles. The van der Waals surface area contributed by atoms with E-state index < -0.39 is 11.9 Å². The molecule has 9 heteroatoms. The molecule has 2 heterocycles. The molecule has 0 saturated heterocycles. The number of carbonyl (C=O) groups excluding carboxylic acids is 2. The van der Waals surface area contributed by atoms with E-state index in [1.54, 1.807) is 17.6 Å². The van der Waals surface area contributed by atoms with Crippen LogP contribution < -0.4 is 19.0 Å². The molecule has 0 fully saturated rings. The number of benzene rings is 2. The Kier molecular flexibility index (Phi) is 6.45. The van der Waals surface area contributed by atoms with Crippen LogP contribution in [0.3, 0.4) is 0 Å². The Morgan fingerprint density at radius 3 is 2.56 bits per heavy atom. The van der Waals surface area contributed by atoms with Gasteiger partial charge < -0.3 is 23.5 Å². The maximum atomic E-state index is 12.5. The van der Waals surface area contributed by atoms with Gasteiger partial charge in [0.25, 0.3) is 5.91 Å². The molecule has 0 N–H and O–H groups in total. The average Bonchev–Trinajstić information content (AvgIpc) is 3.35. The minimum Gasteiger partial charge on any atom is -0.484 e. The standard InChI is InChI=1S/C23H24N2O6S/c1-4-28-22(27)11-25-17-9-18-19(31-13-30-18)10-20(17)32-23(25)24-21(26)12-29-16-7-5-15(6-8-16)14(2)3/h5-10,14H,4,11-13H2,1-3H3. The smallest absolute Gasteiger partial charge is 0.326 e. The summed E-state index contributed by atoms with van der Waals surface area (Å²) in [5, 5.41) is 0. The third kappa shape index (κ3) is 4.77. The van der Waals surface area contributed by atoms with Crippen molar-refractivity contribution >= 4 is 33.4 Å². The van der Waals surface area contributed by atoms with Crippen LogP contribution in [0.1, 0.15) is 32.3 Å². The Bertz CT molecular complexity index is 1210. The zero-order valence-electron chi connectivity index (χ0n) is 18.1. The molecule has 168 valence electrons. The van der Waals surface area contributed by atoms with Crippen molar-refractivity contribution in [3.63, 3.8) is 0 Å². The Morgan fingerprint density at radius 1 is 1.16 bits per heavy atom. The third-order valence-electron chi connectivity index (χ3n) is 4.90. The van der Waals surface area contributed by atoms with Gasteiger partial charge in [-0.15, -0.1) is 0 Å². The van der Waals surface area contributed by atoms with Gasteiger partial charge in [0.05, 0.1) is 16.8 Å². The highest BCUT2D eigenvalue weighted by Gasteiger charge is 2.19. The van der Waals surface area contributed by atoms with Crippen molar-refractivity contribution < 1.29 is 28.5 Å². The van der Waals surface area contributed by atoms with Gasteiger partial charge in [-0.2, -0.15) is 4.99 Å². The molecular formula is C23H24N2O6S. The molecule has 3 aromatic rings. The molecule has 0 spiro atoms. The van der Waals surface area contributed by atoms with Gasteiger partial charge in [0.2, 0.25) is 6.79 Å². The number of amides is 1. The van der Waals surface area contributed by atoms with E-state index in [-0.39, 0.29) is 26.6 Å². The zero-order valence-corrected chi connectivity index (χ0v) is 18.9. The zero-order chi connectivity index (χ0) is 22.7. The maximum Gasteiger partial charge on any atom is 0.326 e. The van der Waals surface area contributed by atoms with Gasteiger partial charge >= 0.3 is 5.97 Å². The summed E-state index contributed by atoms with van der Waals surface area (Å²) in [6.45, 7) is 6.10. The molecule has 0 saturated carbocycles. The van der Waals surface area contributed by atoms with Crippen LogP contribution in [0.2, 0.25) is 0 Å². The number of hydrogen-bond donors (Lipinski definition) is 0. The van der Waals surface area contributed by atoms with Crippen LogP contribution >= 0.6 is 11.3 Å². The molecule has 0 unspecified atom stereocenters. The van der Waals surface area contributed by atoms with Crippen LogP contribution in [0, 0.1) is 0 Å². The lowest BCUT2D eigenvalue weighted by molar-refractivity contribution is -0.143. The monoisotopic (exact) mass is 456 g/mol. The number of fused-ring (bicyclic) bond motifs is 2. The van der Waals surface area contributed by atoms with Crippen LogP contribution in [0.5, 0.6) is 17.2 Å². The average molecular weight is 457 g/mol. The highest BCUT2D eigenvalue weighted by molar-refractivity contribution is 7.16. The first-order valence-electron chi connectivity index (χ1n) is 10.3. The minimum atomic E-state index is -0.456. The van der Waals surface area contributed by atoms with Gasteiger partial charge in [0.15, 0.2) is 22.9 Å². The van der Waals surface area contributed by atoms with E-state index in [2.05, 4.69) is 18.8 Å². The number of aromatic nitrogens is 1. The number of rotatable bonds is 7. The van der Waals surface area contributed by atoms with E-state index in [0.29, 0.717) is 33.5 Å². The molecule has 1 aromatic heterocycles. The summed E-state index contributed by atoms with van der Waals surface area (Å²) in [4.78, 5) is 29.3. The SMILES string of the molecule is CCOC(=O)Cn1c(=NC(=O)COc2ccc(C(C)C)cc2)sc2cc3c(cc21)OCO3. The molecule has 1 aliphatic heterocycles. The molecule has 1 amide bonds. The van der Waals surface area contributed by atoms with Gasteiger partial charge in [-0.1, -0.05) is 37.3 Å². The summed E-state index contributed by atoms with van der Waals surface area (Å²) >= 11 is 1.28. The van der Waals surface area contributed by atoms with E-state index in [4.69, 9.17) is 18.9 Å². The van der Waals surface area contributed by atoms with E-state index in [9.17, 15) is 9.59 Å². The normalized spacial score (nSPS) is 13.1. The van der Waals surface area contributed by atoms with Crippen LogP contribution in [0.15, 0.2) is 41.4 Å². The maximum absolute atomic E-state index is 12.5. The van der Waals surface area contributed by atoms with Crippen molar-refractivity contribution in [2.45, 2.75) is 33.2 Å². The Balaban J connectivity index is 1.59. The topological polar surface area (TPSA) is 88.4 Å². The first kappa shape index (κ1) is 21.9. The second-order valence-corrected chi connectivity index (χ2v) is 8.48. The lowest BCUT2D eigenvalue weighted by Gasteiger charge is -2.07. The van der Waals surface area contributed by atoms with Crippen molar-refractivity contribution in [2.75, 3.05) is 20.0 Å². The van der Waals surface area contributed by atoms with E-state index >= 15 is 0 Å². The predicted molar refractivity (Wildman–Crippen MR) is 119 cm³/mol. The van der Waals surface area contributed by atoms with Gasteiger partial charge in [-0.25, -0.2) is 0 Å². The Labute approximate surface area is 189 Å². The van der Waals surface area contributed by atoms with Crippen molar-refractivity contribution in [1.82, 2.24) is 4.57 Å². The molecule has 2 aromatic carbocycles. The molecule has 8 nitrogen and oxygen atoms in total. The van der Waals surface area contributed by atoms with Crippen molar-refractivity contribution in [1.29, 1.82) is 0 Å². The van der Waals surface area contributed by atoms with Gasteiger partial charge in [0, 0.05) is 12.1 Å². The summed E-state index contributed by atoms with van der Waals surface area (Å²) < 4.78 is 24.0. The number of hydrogen-bond acceptors (Lipinski definition) is 7. The first-order valence-corrected chi connectivity index (χ1v) is 11.1. The number of carbonyl (C=O) groups is 2. The number of thiazole rings is 1. The quantitative estimate of drug-likeness (QED) is 0.505. The fraction of sp³-hybridized carbons (Fsp3) is 0.348. The van der Waals surface area contributed by atoms with Crippen molar-refractivity contribution in [3.05, 3.63) is 46.8 Å². The van der Waals surface area contributed by atoms with E-state index in [1.807, 2.05) is 30.3 Å². The van der Waals surface area contributed by atoms with Gasteiger partial charge in [-0.3, -0.25) is 9.59 Å². The van der Waals surface area contributed by atoms with Crippen molar-refractivity contribution in [2.24, 2.45) is 4.99 Å². The largest absolute Gasteiger partial charge is 0.484 e. The number of ether oxygens (including phenoxy) is 4. The lowest BCUT2D eigenvalue weighted by Crippen LogP contribution is -2.24. The van der Waals surface area contributed by atoms with Gasteiger partial charge in [-0.05, 0) is 30.5 Å². The number of esters is 1. The summed E-state index contributed by atoms with van der Waals surface area (Å²) in [5.74, 6) is 1.34. The fourth-order valence-electron chi connectivity index (χ4n) is 3.27. The summed E-state index contributed by atoms with van der Waals surface area (Å²) in [5.41, 5.74) is 1.91. The van der Waals surface area contributed by atoms with Crippen LogP contribution in [-0.2, 0) is 20.9 Å². The second-order valence-electron chi connectivity index (χ2n) is 7.47. The van der Waals surface area contributed by atoms with E-state index in [1.165, 1.54) is 16.9 Å². The van der Waals surface area contributed by atoms with Crippen LogP contribution in [0.4, 0.5) is 0 Å². The third-order valence-corrected chi connectivity index (χ3v) is 5.94. The predicted octanol–water partition coefficient (Wildman–Crippen LogP) is 3.62. The number of nitrogens with zero attached hydrogens (tertiary/aromatic N) is 2. The van der Waals surface area contributed by atoms with Crippen LogP contribution in [0.25, 0.3) is 10.2 Å². The highest BCUT2D eigenvalue weighted by Crippen LogP contribution is 2.37. The fourth-order valence-corrected chi connectivity index (χ4v) is 4.32. The Morgan fingerprint density at radius 2 is 1.88 bits per heavy atom. The molecule has 0 bridgehead atoms. The molecule has 0 atom stereocenters. The lowest BCUT2D eigenvalue weighted by atomic mass is 10.0. The summed E-state index contributed by atoms with van der Waals surface area (Å²) in [7, 11) is 0. The second kappa shape index (κ2) is 9.44. The van der Waals surface area contributed by atoms with Crippen molar-refractivity contribution in [3.8, 4) is 17.2 Å². The molecule has 32 heavy (non-hydrogen) atoms. The van der Waals surface area contributed by atoms with Crippen LogP contribution in [-0.4, -0.2) is 36.5 Å². The first-order chi connectivity index (χ1) is 15.4. The molecule has 1 aliphatic rings. The Hall–Kier alpha value is -3.33. The highest BCUT2D eigenvalue weighted by atomic mass is 32.1. The summed E-state index contributed by atoms with van der Waals surface area (Å²) in [6.07, 6.45) is 0. The summed E-state index contributed by atoms with van der Waals surface area (Å²) in [6, 6.07) is 11.2. The van der Waals surface area contributed by atoms with Gasteiger partial charge in [0.1, 0.15) is 12.3 Å². The van der Waals surface area contributed by atoms with E-state index in [0.717, 1.165) is 4.70 Å². The molecule has 0 radical (unpaired) electrons. The minimum absolute atomic E-state index is 0.0723. The molecule has 4 rings (SSSR count).